The van der Waals surface area contributed by atoms with Crippen molar-refractivity contribution in [2.45, 2.75) is 117 Å². The average molecular weight is 549 g/mol. The van der Waals surface area contributed by atoms with E-state index in [0.717, 1.165) is 24.2 Å². The summed E-state index contributed by atoms with van der Waals surface area (Å²) >= 11 is 0. The summed E-state index contributed by atoms with van der Waals surface area (Å²) in [4.78, 5) is 37.6. The Bertz CT molecular complexity index is 1110. The lowest BCUT2D eigenvalue weighted by Crippen LogP contribution is -2.81. The maximum Gasteiger partial charge on any atom is 0.303 e. The Morgan fingerprint density at radius 3 is 2.26 bits per heavy atom. The molecule has 4 rings (SSSR count). The summed E-state index contributed by atoms with van der Waals surface area (Å²) in [5.74, 6) is -1.87. The van der Waals surface area contributed by atoms with E-state index in [-0.39, 0.29) is 0 Å². The van der Waals surface area contributed by atoms with Gasteiger partial charge >= 0.3 is 17.9 Å². The standard InChI is InChI=1S/C30H44O9/c1-9-10-14-36-29(8)20-12-15-35-22(20)16-21-24(29)25(38-18(3)32)26(39-19(4)33)30(34)27(5,6)13-11-23(28(21,30)7)37-17(2)31/h12,15,21,23-26,34H,9-11,13-14,16H2,1-8H3/t21-,23-,24-,25+,26-,28-,29+,30+/m0/s1. The second kappa shape index (κ2) is 10.2. The number of fused-ring (bicyclic) bond motifs is 4. The van der Waals surface area contributed by atoms with Gasteiger partial charge in [0.1, 0.15) is 29.2 Å². The van der Waals surface area contributed by atoms with Gasteiger partial charge in [-0.3, -0.25) is 14.4 Å². The van der Waals surface area contributed by atoms with Crippen molar-refractivity contribution in [3.8, 4) is 0 Å². The lowest BCUT2D eigenvalue weighted by atomic mass is 9.38. The topological polar surface area (TPSA) is 122 Å². The summed E-state index contributed by atoms with van der Waals surface area (Å²) in [6.45, 7) is 14.2. The van der Waals surface area contributed by atoms with Crippen molar-refractivity contribution in [3.05, 3.63) is 23.7 Å². The minimum atomic E-state index is -1.74. The average Bonchev–Trinajstić information content (AvgIpc) is 3.31. The van der Waals surface area contributed by atoms with E-state index in [9.17, 15) is 19.5 Å². The van der Waals surface area contributed by atoms with E-state index in [1.54, 1.807) is 6.26 Å². The largest absolute Gasteiger partial charge is 0.469 e. The van der Waals surface area contributed by atoms with Crippen LogP contribution in [0.25, 0.3) is 0 Å². The molecular weight excluding hydrogens is 504 g/mol. The molecule has 39 heavy (non-hydrogen) atoms. The number of unbranched alkanes of at least 4 members (excludes halogenated alkanes) is 1. The minimum Gasteiger partial charge on any atom is -0.469 e. The molecule has 218 valence electrons. The van der Waals surface area contributed by atoms with Crippen molar-refractivity contribution in [1.29, 1.82) is 0 Å². The van der Waals surface area contributed by atoms with Crippen molar-refractivity contribution in [2.75, 3.05) is 6.61 Å². The van der Waals surface area contributed by atoms with Crippen LogP contribution >= 0.6 is 0 Å². The van der Waals surface area contributed by atoms with Crippen LogP contribution in [0, 0.1) is 22.7 Å². The second-order valence-electron chi connectivity index (χ2n) is 12.6. The van der Waals surface area contributed by atoms with Gasteiger partial charge < -0.3 is 28.5 Å². The monoisotopic (exact) mass is 548 g/mol. The SMILES string of the molecule is CCCCO[C@]1(C)c2ccoc2C[C@H]2[C@H]1[C@@H](OC(C)=O)[C@H](OC(C)=O)[C@@]1(O)C(C)(C)CC[C@H](OC(C)=O)[C@]21C. The molecule has 0 radical (unpaired) electrons. The molecule has 0 aliphatic heterocycles. The van der Waals surface area contributed by atoms with Crippen LogP contribution < -0.4 is 0 Å². The first-order chi connectivity index (χ1) is 18.1. The van der Waals surface area contributed by atoms with Gasteiger partial charge in [-0.15, -0.1) is 0 Å². The van der Waals surface area contributed by atoms with Crippen LogP contribution in [-0.2, 0) is 45.4 Å². The van der Waals surface area contributed by atoms with E-state index in [1.807, 2.05) is 33.8 Å². The fourth-order valence-corrected chi connectivity index (χ4v) is 8.20. The highest BCUT2D eigenvalue weighted by Crippen LogP contribution is 2.69. The van der Waals surface area contributed by atoms with Crippen molar-refractivity contribution >= 4 is 17.9 Å². The molecule has 9 heteroatoms. The molecule has 1 N–H and O–H groups in total. The molecule has 3 aliphatic rings. The third kappa shape index (κ3) is 4.40. The number of furan rings is 1. The zero-order valence-corrected chi connectivity index (χ0v) is 24.5. The van der Waals surface area contributed by atoms with E-state index >= 15 is 0 Å². The smallest absolute Gasteiger partial charge is 0.303 e. The van der Waals surface area contributed by atoms with Crippen LogP contribution in [-0.4, -0.2) is 53.5 Å². The summed E-state index contributed by atoms with van der Waals surface area (Å²) in [6.07, 6.45) is 1.82. The van der Waals surface area contributed by atoms with Crippen molar-refractivity contribution in [3.63, 3.8) is 0 Å². The number of ether oxygens (including phenoxy) is 4. The van der Waals surface area contributed by atoms with E-state index in [2.05, 4.69) is 6.92 Å². The molecule has 0 aromatic carbocycles. The minimum absolute atomic E-state index is 0.400. The van der Waals surface area contributed by atoms with Gasteiger partial charge in [0.2, 0.25) is 0 Å². The van der Waals surface area contributed by atoms with Gasteiger partial charge in [0.25, 0.3) is 0 Å². The fraction of sp³-hybridized carbons (Fsp3) is 0.767. The molecule has 0 bridgehead atoms. The van der Waals surface area contributed by atoms with Gasteiger partial charge in [0.05, 0.1) is 6.26 Å². The summed E-state index contributed by atoms with van der Waals surface area (Å²) < 4.78 is 30.6. The van der Waals surface area contributed by atoms with Gasteiger partial charge in [0, 0.05) is 50.7 Å². The van der Waals surface area contributed by atoms with E-state index in [0.29, 0.717) is 25.9 Å². The Kier molecular flexibility index (Phi) is 7.75. The van der Waals surface area contributed by atoms with Crippen LogP contribution in [0.1, 0.15) is 92.4 Å². The number of hydrogen-bond donors (Lipinski definition) is 1. The quantitative estimate of drug-likeness (QED) is 0.299. The molecule has 0 amide bonds. The first kappa shape index (κ1) is 29.6. The van der Waals surface area contributed by atoms with Crippen LogP contribution in [0.5, 0.6) is 0 Å². The van der Waals surface area contributed by atoms with Crippen LogP contribution in [0.4, 0.5) is 0 Å². The molecule has 9 nitrogen and oxygen atoms in total. The maximum absolute atomic E-state index is 13.0. The van der Waals surface area contributed by atoms with Gasteiger partial charge in [-0.1, -0.05) is 34.1 Å². The predicted octanol–water partition coefficient (Wildman–Crippen LogP) is 4.47. The van der Waals surface area contributed by atoms with E-state index < -0.39 is 70.1 Å². The zero-order chi connectivity index (χ0) is 29.0. The molecule has 0 unspecified atom stereocenters. The van der Waals surface area contributed by atoms with Crippen LogP contribution in [0.15, 0.2) is 16.7 Å². The summed E-state index contributed by atoms with van der Waals surface area (Å²) in [7, 11) is 0. The molecule has 1 aromatic rings. The van der Waals surface area contributed by atoms with Gasteiger partial charge in [0.15, 0.2) is 6.10 Å². The van der Waals surface area contributed by atoms with Crippen molar-refractivity contribution in [2.24, 2.45) is 22.7 Å². The summed E-state index contributed by atoms with van der Waals surface area (Å²) in [6, 6.07) is 1.88. The van der Waals surface area contributed by atoms with Crippen LogP contribution in [0.2, 0.25) is 0 Å². The zero-order valence-electron chi connectivity index (χ0n) is 24.5. The molecule has 8 atom stereocenters. The Labute approximate surface area is 230 Å². The number of carbonyl (C=O) groups excluding carboxylic acids is 3. The molecule has 1 aromatic heterocycles. The molecule has 2 fully saturated rings. The summed E-state index contributed by atoms with van der Waals surface area (Å²) in [5.41, 5.74) is -3.83. The molecule has 2 saturated carbocycles. The number of hydrogen-bond acceptors (Lipinski definition) is 9. The number of carbonyl (C=O) groups is 3. The van der Waals surface area contributed by atoms with Crippen molar-refractivity contribution < 1.29 is 42.9 Å². The highest BCUT2D eigenvalue weighted by atomic mass is 16.6. The molecule has 0 saturated heterocycles. The number of aliphatic hydroxyl groups is 1. The van der Waals surface area contributed by atoms with Gasteiger partial charge in [-0.25, -0.2) is 0 Å². The third-order valence-electron chi connectivity index (χ3n) is 9.95. The number of rotatable bonds is 7. The Morgan fingerprint density at radius 1 is 1.03 bits per heavy atom. The molecule has 0 spiro atoms. The van der Waals surface area contributed by atoms with Gasteiger partial charge in [-0.05, 0) is 43.6 Å². The highest BCUT2D eigenvalue weighted by Gasteiger charge is 2.78. The second-order valence-corrected chi connectivity index (χ2v) is 12.6. The maximum atomic E-state index is 13.0. The Balaban J connectivity index is 2.04. The van der Waals surface area contributed by atoms with Crippen molar-refractivity contribution in [1.82, 2.24) is 0 Å². The normalized spacial score (nSPS) is 38.5. The summed E-state index contributed by atoms with van der Waals surface area (Å²) in [5, 5.41) is 13.0. The molecular formula is C30H44O9. The van der Waals surface area contributed by atoms with E-state index in [4.69, 9.17) is 23.4 Å². The lowest BCUT2D eigenvalue weighted by molar-refractivity contribution is -0.353. The first-order valence-electron chi connectivity index (χ1n) is 14.1. The fourth-order valence-electron chi connectivity index (χ4n) is 8.20. The Morgan fingerprint density at radius 2 is 1.67 bits per heavy atom. The van der Waals surface area contributed by atoms with Crippen LogP contribution in [0.3, 0.4) is 0 Å². The third-order valence-corrected chi connectivity index (χ3v) is 9.95. The van der Waals surface area contributed by atoms with Gasteiger partial charge in [-0.2, -0.15) is 0 Å². The predicted molar refractivity (Wildman–Crippen MR) is 140 cm³/mol. The molecule has 1 heterocycles. The Hall–Kier alpha value is -2.39. The highest BCUT2D eigenvalue weighted by molar-refractivity contribution is 5.68. The molecule has 3 aliphatic carbocycles. The first-order valence-corrected chi connectivity index (χ1v) is 14.1. The number of esters is 3. The lowest BCUT2D eigenvalue weighted by Gasteiger charge is -2.70. The van der Waals surface area contributed by atoms with E-state index in [1.165, 1.54) is 20.8 Å².